The van der Waals surface area contributed by atoms with Gasteiger partial charge in [0.25, 0.3) is 0 Å². The Balaban J connectivity index is 2.05. The Hall–Kier alpha value is -0.950. The number of nitrogens with one attached hydrogen (secondary N) is 1. The normalized spacial score (nSPS) is 10.4. The Labute approximate surface area is 93.4 Å². The minimum Gasteiger partial charge on any atom is -0.369 e. The van der Waals surface area contributed by atoms with Crippen LogP contribution in [-0.4, -0.2) is 19.4 Å². The van der Waals surface area contributed by atoms with Gasteiger partial charge in [-0.2, -0.15) is 5.10 Å². The zero-order valence-corrected chi connectivity index (χ0v) is 9.84. The van der Waals surface area contributed by atoms with Crippen LogP contribution in [-0.2, 0) is 13.6 Å². The molecular weight excluding hydrogens is 266 g/mol. The first-order valence-corrected chi connectivity index (χ1v) is 5.51. The maximum Gasteiger partial charge on any atom is 0.130 e. The van der Waals surface area contributed by atoms with Crippen LogP contribution in [0.4, 0.5) is 5.00 Å². The molecule has 0 aromatic carbocycles. The molecule has 0 amide bonds. The van der Waals surface area contributed by atoms with Gasteiger partial charge in [-0.3, -0.25) is 4.68 Å². The molecule has 7 heteroatoms. The molecule has 0 bridgehead atoms. The van der Waals surface area contributed by atoms with Crippen molar-refractivity contribution in [1.82, 2.24) is 19.4 Å². The molecule has 0 unspecified atom stereocenters. The topological polar surface area (TPSA) is 55.6 Å². The van der Waals surface area contributed by atoms with Crippen LogP contribution in [0.1, 0.15) is 5.69 Å². The van der Waals surface area contributed by atoms with Crippen molar-refractivity contribution in [1.29, 1.82) is 0 Å². The fourth-order valence-corrected chi connectivity index (χ4v) is 1.95. The first-order valence-electron chi connectivity index (χ1n) is 3.95. The van der Waals surface area contributed by atoms with Crippen LogP contribution in [0.2, 0.25) is 0 Å². The third kappa shape index (κ3) is 1.93. The van der Waals surface area contributed by atoms with E-state index in [2.05, 4.69) is 35.9 Å². The monoisotopic (exact) mass is 273 g/mol. The van der Waals surface area contributed by atoms with Crippen molar-refractivity contribution in [2.75, 3.05) is 5.32 Å². The number of rotatable bonds is 3. The predicted molar refractivity (Wildman–Crippen MR) is 58.1 cm³/mol. The zero-order valence-electron chi connectivity index (χ0n) is 7.44. The van der Waals surface area contributed by atoms with E-state index in [0.717, 1.165) is 15.2 Å². The van der Waals surface area contributed by atoms with Gasteiger partial charge in [0.15, 0.2) is 0 Å². The Morgan fingerprint density at radius 1 is 1.57 bits per heavy atom. The zero-order chi connectivity index (χ0) is 9.97. The highest BCUT2D eigenvalue weighted by Gasteiger charge is 2.05. The lowest BCUT2D eigenvalue weighted by Crippen LogP contribution is -2.05. The van der Waals surface area contributed by atoms with Gasteiger partial charge in [-0.05, 0) is 15.9 Å². The fourth-order valence-electron chi connectivity index (χ4n) is 1.05. The number of aromatic nitrogens is 4. The highest BCUT2D eigenvalue weighted by Crippen LogP contribution is 2.17. The van der Waals surface area contributed by atoms with Gasteiger partial charge in [0.05, 0.1) is 29.1 Å². The Morgan fingerprint density at radius 3 is 3.00 bits per heavy atom. The van der Waals surface area contributed by atoms with E-state index in [1.54, 1.807) is 12.4 Å². The largest absolute Gasteiger partial charge is 0.369 e. The van der Waals surface area contributed by atoms with Crippen LogP contribution >= 0.6 is 27.5 Å². The lowest BCUT2D eigenvalue weighted by atomic mass is 10.4. The van der Waals surface area contributed by atoms with Gasteiger partial charge >= 0.3 is 0 Å². The molecule has 0 fully saturated rings. The average molecular weight is 274 g/mol. The van der Waals surface area contributed by atoms with Gasteiger partial charge < -0.3 is 5.32 Å². The molecule has 0 radical (unpaired) electrons. The van der Waals surface area contributed by atoms with Crippen LogP contribution in [0.15, 0.2) is 16.9 Å². The highest BCUT2D eigenvalue weighted by molar-refractivity contribution is 9.10. The number of nitrogens with zero attached hydrogens (tertiary/aromatic N) is 4. The molecule has 0 aliphatic carbocycles. The second-order valence-electron chi connectivity index (χ2n) is 2.70. The summed E-state index contributed by atoms with van der Waals surface area (Å²) in [6.07, 6.45) is 3.48. The molecule has 0 aliphatic heterocycles. The van der Waals surface area contributed by atoms with Crippen molar-refractivity contribution in [3.63, 3.8) is 0 Å². The quantitative estimate of drug-likeness (QED) is 0.924. The van der Waals surface area contributed by atoms with Crippen LogP contribution in [0.5, 0.6) is 0 Å². The Bertz CT molecular complexity index is 390. The van der Waals surface area contributed by atoms with E-state index in [1.807, 2.05) is 11.7 Å². The maximum atomic E-state index is 4.12. The van der Waals surface area contributed by atoms with E-state index in [1.165, 1.54) is 11.5 Å². The molecule has 0 spiro atoms. The predicted octanol–water partition coefficient (Wildman–Crippen LogP) is 1.65. The van der Waals surface area contributed by atoms with Crippen molar-refractivity contribution >= 4 is 32.5 Å². The molecule has 0 saturated carbocycles. The van der Waals surface area contributed by atoms with Gasteiger partial charge in [-0.1, -0.05) is 4.49 Å². The molecule has 2 rings (SSSR count). The summed E-state index contributed by atoms with van der Waals surface area (Å²) in [5, 5.41) is 12.0. The van der Waals surface area contributed by atoms with Gasteiger partial charge in [0, 0.05) is 18.6 Å². The minimum absolute atomic E-state index is 0.709. The van der Waals surface area contributed by atoms with Crippen LogP contribution in [0, 0.1) is 0 Å². The van der Waals surface area contributed by atoms with Crippen molar-refractivity contribution in [2.45, 2.75) is 6.54 Å². The SMILES string of the molecule is Cn1ncc(Br)c1CNc1cnns1. The second-order valence-corrected chi connectivity index (χ2v) is 4.34. The molecule has 14 heavy (non-hydrogen) atoms. The maximum absolute atomic E-state index is 4.12. The van der Waals surface area contributed by atoms with Crippen molar-refractivity contribution < 1.29 is 0 Å². The summed E-state index contributed by atoms with van der Waals surface area (Å²) >= 11 is 4.77. The average Bonchev–Trinajstić information content (AvgIpc) is 2.76. The summed E-state index contributed by atoms with van der Waals surface area (Å²) in [7, 11) is 1.91. The van der Waals surface area contributed by atoms with E-state index < -0.39 is 0 Å². The van der Waals surface area contributed by atoms with E-state index in [0.29, 0.717) is 6.54 Å². The summed E-state index contributed by atoms with van der Waals surface area (Å²) in [6.45, 7) is 0.709. The number of anilines is 1. The second kappa shape index (κ2) is 4.05. The third-order valence-corrected chi connectivity index (χ3v) is 3.09. The molecule has 2 heterocycles. The number of aryl methyl sites for hydroxylation is 1. The summed E-state index contributed by atoms with van der Waals surface area (Å²) in [4.78, 5) is 0. The first-order chi connectivity index (χ1) is 6.77. The summed E-state index contributed by atoms with van der Waals surface area (Å²) in [6, 6.07) is 0. The molecule has 1 N–H and O–H groups in total. The van der Waals surface area contributed by atoms with Crippen molar-refractivity contribution in [3.05, 3.63) is 22.6 Å². The lowest BCUT2D eigenvalue weighted by molar-refractivity contribution is 0.720. The Morgan fingerprint density at radius 2 is 2.43 bits per heavy atom. The van der Waals surface area contributed by atoms with Gasteiger partial charge in [-0.15, -0.1) is 5.10 Å². The summed E-state index contributed by atoms with van der Waals surface area (Å²) in [5.74, 6) is 0. The molecule has 0 atom stereocenters. The van der Waals surface area contributed by atoms with E-state index in [4.69, 9.17) is 0 Å². The van der Waals surface area contributed by atoms with E-state index in [-0.39, 0.29) is 0 Å². The van der Waals surface area contributed by atoms with Gasteiger partial charge in [0.2, 0.25) is 0 Å². The smallest absolute Gasteiger partial charge is 0.130 e. The van der Waals surface area contributed by atoms with Crippen molar-refractivity contribution in [2.24, 2.45) is 7.05 Å². The molecule has 0 aliphatic rings. The third-order valence-electron chi connectivity index (χ3n) is 1.80. The van der Waals surface area contributed by atoms with Crippen molar-refractivity contribution in [3.8, 4) is 0 Å². The Kier molecular flexibility index (Phi) is 2.78. The fraction of sp³-hybridized carbons (Fsp3) is 0.286. The minimum atomic E-state index is 0.709. The highest BCUT2D eigenvalue weighted by atomic mass is 79.9. The molecule has 2 aromatic rings. The summed E-state index contributed by atoms with van der Waals surface area (Å²) in [5.41, 5.74) is 1.10. The van der Waals surface area contributed by atoms with E-state index >= 15 is 0 Å². The number of hydrogen-bond donors (Lipinski definition) is 1. The van der Waals surface area contributed by atoms with Gasteiger partial charge in [-0.25, -0.2) is 0 Å². The lowest BCUT2D eigenvalue weighted by Gasteiger charge is -2.03. The molecule has 5 nitrogen and oxygen atoms in total. The molecule has 0 saturated heterocycles. The molecular formula is C7H8BrN5S. The molecule has 2 aromatic heterocycles. The summed E-state index contributed by atoms with van der Waals surface area (Å²) < 4.78 is 6.59. The van der Waals surface area contributed by atoms with Gasteiger partial charge in [0.1, 0.15) is 5.00 Å². The number of halogens is 1. The van der Waals surface area contributed by atoms with Crippen LogP contribution in [0.3, 0.4) is 0 Å². The van der Waals surface area contributed by atoms with Crippen LogP contribution in [0.25, 0.3) is 0 Å². The first kappa shape index (κ1) is 9.60. The standard InChI is InChI=1S/C7H8BrN5S/c1-13-6(5(8)2-11-13)3-9-7-4-10-12-14-7/h2,4,9H,3H2,1H3. The van der Waals surface area contributed by atoms with Crippen LogP contribution < -0.4 is 5.32 Å². The van der Waals surface area contributed by atoms with E-state index in [9.17, 15) is 0 Å². The number of hydrogen-bond acceptors (Lipinski definition) is 5. The molecule has 74 valence electrons.